The number of halogens is 2. The molecule has 1 atom stereocenters. The summed E-state index contributed by atoms with van der Waals surface area (Å²) in [7, 11) is 0. The van der Waals surface area contributed by atoms with E-state index >= 15 is 0 Å². The van der Waals surface area contributed by atoms with Crippen LogP contribution in [0, 0.1) is 5.92 Å². The molecule has 0 saturated carbocycles. The van der Waals surface area contributed by atoms with Crippen molar-refractivity contribution in [2.45, 2.75) is 38.5 Å². The van der Waals surface area contributed by atoms with Crippen molar-refractivity contribution in [3.63, 3.8) is 0 Å². The molecule has 1 unspecified atom stereocenters. The Kier molecular flexibility index (Phi) is 5.49. The summed E-state index contributed by atoms with van der Waals surface area (Å²) in [6, 6.07) is 8.05. The average molecular weight is 245 g/mol. The molecule has 0 aliphatic rings. The van der Waals surface area contributed by atoms with E-state index in [1.807, 2.05) is 12.1 Å². The summed E-state index contributed by atoms with van der Waals surface area (Å²) in [5, 5.41) is 1.11. The molecule has 0 bridgehead atoms. The summed E-state index contributed by atoms with van der Waals surface area (Å²) in [6.07, 6.45) is 3.32. The zero-order valence-electron chi connectivity index (χ0n) is 9.34. The van der Waals surface area contributed by atoms with Gasteiger partial charge in [-0.25, -0.2) is 0 Å². The van der Waals surface area contributed by atoms with Crippen LogP contribution in [0.1, 0.15) is 32.3 Å². The molecule has 2 heteroatoms. The lowest BCUT2D eigenvalue weighted by atomic mass is 10.0. The van der Waals surface area contributed by atoms with Gasteiger partial charge in [-0.3, -0.25) is 0 Å². The standard InChI is InChI=1S/C13H18Cl2/c1-10(2)13(15)5-3-4-11-6-8-12(14)9-7-11/h6-10,13H,3-5H2,1-2H3. The lowest BCUT2D eigenvalue weighted by Gasteiger charge is -2.12. The molecule has 0 nitrogen and oxygen atoms in total. The minimum Gasteiger partial charge on any atom is -0.123 e. The molecule has 0 heterocycles. The van der Waals surface area contributed by atoms with E-state index in [0.717, 1.165) is 24.3 Å². The fourth-order valence-electron chi connectivity index (χ4n) is 1.49. The van der Waals surface area contributed by atoms with Crippen LogP contribution in [0.3, 0.4) is 0 Å². The molecule has 0 amide bonds. The summed E-state index contributed by atoms with van der Waals surface area (Å²) < 4.78 is 0. The van der Waals surface area contributed by atoms with Gasteiger partial charge in [0, 0.05) is 10.4 Å². The molecular formula is C13H18Cl2. The third kappa shape index (κ3) is 4.90. The second-order valence-electron chi connectivity index (χ2n) is 4.28. The highest BCUT2D eigenvalue weighted by Gasteiger charge is 2.08. The van der Waals surface area contributed by atoms with Crippen molar-refractivity contribution in [2.75, 3.05) is 0 Å². The predicted octanol–water partition coefficient (Wildman–Crippen LogP) is 4.93. The second-order valence-corrected chi connectivity index (χ2v) is 5.28. The third-order valence-electron chi connectivity index (χ3n) is 2.58. The van der Waals surface area contributed by atoms with Crippen molar-refractivity contribution in [3.05, 3.63) is 34.9 Å². The molecule has 0 aliphatic heterocycles. The number of alkyl halides is 1. The fraction of sp³-hybridized carbons (Fsp3) is 0.538. The normalized spacial score (nSPS) is 13.1. The lowest BCUT2D eigenvalue weighted by molar-refractivity contribution is 0.547. The van der Waals surface area contributed by atoms with Crippen LogP contribution < -0.4 is 0 Å². The zero-order chi connectivity index (χ0) is 11.3. The van der Waals surface area contributed by atoms with Crippen molar-refractivity contribution in [1.29, 1.82) is 0 Å². The van der Waals surface area contributed by atoms with Gasteiger partial charge in [0.05, 0.1) is 0 Å². The maximum Gasteiger partial charge on any atom is 0.0406 e. The van der Waals surface area contributed by atoms with Gasteiger partial charge in [-0.1, -0.05) is 37.6 Å². The Morgan fingerprint density at radius 1 is 1.13 bits per heavy atom. The Labute approximate surface area is 103 Å². The first-order valence-electron chi connectivity index (χ1n) is 5.48. The Bertz CT molecular complexity index is 277. The molecule has 0 aliphatic carbocycles. The summed E-state index contributed by atoms with van der Waals surface area (Å²) in [4.78, 5) is 0. The van der Waals surface area contributed by atoms with Crippen molar-refractivity contribution >= 4 is 23.2 Å². The Morgan fingerprint density at radius 2 is 1.73 bits per heavy atom. The first-order chi connectivity index (χ1) is 7.09. The predicted molar refractivity (Wildman–Crippen MR) is 68.9 cm³/mol. The van der Waals surface area contributed by atoms with Gasteiger partial charge in [-0.2, -0.15) is 0 Å². The van der Waals surface area contributed by atoms with Gasteiger partial charge in [0.2, 0.25) is 0 Å². The Balaban J connectivity index is 2.29. The van der Waals surface area contributed by atoms with Gasteiger partial charge in [0.1, 0.15) is 0 Å². The number of benzene rings is 1. The lowest BCUT2D eigenvalue weighted by Crippen LogP contribution is -2.07. The van der Waals surface area contributed by atoms with Crippen molar-refractivity contribution in [2.24, 2.45) is 5.92 Å². The molecule has 15 heavy (non-hydrogen) atoms. The number of hydrogen-bond acceptors (Lipinski definition) is 0. The maximum atomic E-state index is 6.19. The van der Waals surface area contributed by atoms with Crippen molar-refractivity contribution in [1.82, 2.24) is 0 Å². The molecule has 0 radical (unpaired) electrons. The van der Waals surface area contributed by atoms with Gasteiger partial charge in [-0.05, 0) is 42.9 Å². The molecule has 1 rings (SSSR count). The van der Waals surface area contributed by atoms with E-state index in [1.165, 1.54) is 5.56 Å². The van der Waals surface area contributed by atoms with Crippen LogP contribution in [0.4, 0.5) is 0 Å². The van der Waals surface area contributed by atoms with Crippen LogP contribution in [0.5, 0.6) is 0 Å². The highest BCUT2D eigenvalue weighted by Crippen LogP contribution is 2.18. The molecule has 1 aromatic rings. The van der Waals surface area contributed by atoms with E-state index in [-0.39, 0.29) is 0 Å². The zero-order valence-corrected chi connectivity index (χ0v) is 10.9. The molecular weight excluding hydrogens is 227 g/mol. The van der Waals surface area contributed by atoms with Gasteiger partial charge < -0.3 is 0 Å². The minimum absolute atomic E-state index is 0.303. The molecule has 0 N–H and O–H groups in total. The van der Waals surface area contributed by atoms with Crippen LogP contribution in [-0.2, 0) is 6.42 Å². The van der Waals surface area contributed by atoms with E-state index in [9.17, 15) is 0 Å². The maximum absolute atomic E-state index is 6.19. The fourth-order valence-corrected chi connectivity index (χ4v) is 1.77. The summed E-state index contributed by atoms with van der Waals surface area (Å²) >= 11 is 12.0. The van der Waals surface area contributed by atoms with E-state index < -0.39 is 0 Å². The molecule has 0 aromatic heterocycles. The topological polar surface area (TPSA) is 0 Å². The van der Waals surface area contributed by atoms with Gasteiger partial charge >= 0.3 is 0 Å². The molecule has 84 valence electrons. The highest BCUT2D eigenvalue weighted by molar-refractivity contribution is 6.30. The van der Waals surface area contributed by atoms with Gasteiger partial charge in [0.15, 0.2) is 0 Å². The summed E-state index contributed by atoms with van der Waals surface area (Å²) in [6.45, 7) is 4.33. The monoisotopic (exact) mass is 244 g/mol. The van der Waals surface area contributed by atoms with E-state index in [1.54, 1.807) is 0 Å². The van der Waals surface area contributed by atoms with E-state index in [2.05, 4.69) is 26.0 Å². The van der Waals surface area contributed by atoms with Gasteiger partial charge in [0.25, 0.3) is 0 Å². The Hall–Kier alpha value is -0.200. The van der Waals surface area contributed by atoms with E-state index in [4.69, 9.17) is 23.2 Å². The summed E-state index contributed by atoms with van der Waals surface area (Å²) in [5.41, 5.74) is 1.34. The van der Waals surface area contributed by atoms with Crippen LogP contribution in [0.25, 0.3) is 0 Å². The van der Waals surface area contributed by atoms with E-state index in [0.29, 0.717) is 11.3 Å². The molecule has 0 spiro atoms. The van der Waals surface area contributed by atoms with Crippen LogP contribution in [0.2, 0.25) is 5.02 Å². The first-order valence-corrected chi connectivity index (χ1v) is 6.29. The SMILES string of the molecule is CC(C)C(Cl)CCCc1ccc(Cl)cc1. The number of rotatable bonds is 5. The minimum atomic E-state index is 0.303. The van der Waals surface area contributed by atoms with Gasteiger partial charge in [-0.15, -0.1) is 11.6 Å². The van der Waals surface area contributed by atoms with Crippen LogP contribution in [-0.4, -0.2) is 5.38 Å². The molecule has 0 fully saturated rings. The quantitative estimate of drug-likeness (QED) is 0.645. The van der Waals surface area contributed by atoms with Crippen molar-refractivity contribution in [3.8, 4) is 0 Å². The smallest absolute Gasteiger partial charge is 0.0406 e. The largest absolute Gasteiger partial charge is 0.123 e. The third-order valence-corrected chi connectivity index (χ3v) is 3.56. The number of hydrogen-bond donors (Lipinski definition) is 0. The Morgan fingerprint density at radius 3 is 2.27 bits per heavy atom. The van der Waals surface area contributed by atoms with Crippen LogP contribution >= 0.6 is 23.2 Å². The first kappa shape index (κ1) is 12.9. The number of aryl methyl sites for hydroxylation is 1. The second kappa shape index (κ2) is 6.40. The average Bonchev–Trinajstić information content (AvgIpc) is 2.20. The molecule has 1 aromatic carbocycles. The molecule has 0 saturated heterocycles. The summed E-state index contributed by atoms with van der Waals surface area (Å²) in [5.74, 6) is 0.567. The highest BCUT2D eigenvalue weighted by atomic mass is 35.5. The van der Waals surface area contributed by atoms with Crippen LogP contribution in [0.15, 0.2) is 24.3 Å². The van der Waals surface area contributed by atoms with Crippen molar-refractivity contribution < 1.29 is 0 Å².